The molecule has 0 aliphatic rings. The largest absolute Gasteiger partial charge is 0.417 e. The molecule has 0 bridgehead atoms. The van der Waals surface area contributed by atoms with Gasteiger partial charge in [0.05, 0.1) is 21.0 Å². The Balaban J connectivity index is 3.93. The molecule has 0 aromatic heterocycles. The van der Waals surface area contributed by atoms with Crippen LogP contribution in [0.4, 0.5) is 30.2 Å². The Morgan fingerprint density at radius 1 is 1.30 bits per heavy atom. The molecular weight excluding hydrogens is 398 g/mol. The summed E-state index contributed by atoms with van der Waals surface area (Å²) in [6, 6.07) is 0.229. The van der Waals surface area contributed by atoms with E-state index >= 15 is 0 Å². The molecule has 1 unspecified atom stereocenters. The number of rotatable bonds is 3. The quantitative estimate of drug-likeness (QED) is 0.272. The number of benzene rings is 1. The van der Waals surface area contributed by atoms with Gasteiger partial charge in [-0.25, -0.2) is 0 Å². The summed E-state index contributed by atoms with van der Waals surface area (Å²) < 4.78 is 37.9. The van der Waals surface area contributed by atoms with Crippen LogP contribution in [0, 0.1) is 20.2 Å². The van der Waals surface area contributed by atoms with Crippen LogP contribution in [-0.4, -0.2) is 9.85 Å². The lowest BCUT2D eigenvalue weighted by Crippen LogP contribution is -2.14. The number of anilines is 1. The third kappa shape index (κ3) is 2.91. The first-order valence-electron chi connectivity index (χ1n) is 4.94. The van der Waals surface area contributed by atoms with Crippen LogP contribution >= 0.6 is 22.6 Å². The number of nitro groups is 2. The first kappa shape index (κ1) is 16.4. The SMILES string of the molecule is CC(I)c1c(C(F)(F)F)cc([N+](=O)[O-])c(N)c1[N+](=O)[O-]. The lowest BCUT2D eigenvalue weighted by atomic mass is 9.99. The number of nitrogen functional groups attached to an aromatic ring is 1. The van der Waals surface area contributed by atoms with Crippen molar-refractivity contribution < 1.29 is 23.0 Å². The van der Waals surface area contributed by atoms with Crippen molar-refractivity contribution in [3.05, 3.63) is 37.4 Å². The van der Waals surface area contributed by atoms with E-state index in [-0.39, 0.29) is 6.07 Å². The van der Waals surface area contributed by atoms with Gasteiger partial charge in [-0.2, -0.15) is 13.2 Å². The van der Waals surface area contributed by atoms with Crippen LogP contribution < -0.4 is 5.73 Å². The fourth-order valence-electron chi connectivity index (χ4n) is 1.67. The first-order valence-corrected chi connectivity index (χ1v) is 6.19. The van der Waals surface area contributed by atoms with Gasteiger partial charge in [-0.15, -0.1) is 0 Å². The highest BCUT2D eigenvalue weighted by atomic mass is 127. The fourth-order valence-corrected chi connectivity index (χ4v) is 2.30. The second kappa shape index (κ2) is 5.38. The molecule has 1 aromatic carbocycles. The van der Waals surface area contributed by atoms with Crippen LogP contribution in [0.2, 0.25) is 0 Å². The van der Waals surface area contributed by atoms with E-state index in [9.17, 15) is 33.4 Å². The fraction of sp³-hybridized carbons (Fsp3) is 0.333. The Morgan fingerprint density at radius 3 is 2.10 bits per heavy atom. The Labute approximate surface area is 123 Å². The molecule has 2 N–H and O–H groups in total. The van der Waals surface area contributed by atoms with Crippen molar-refractivity contribution in [2.24, 2.45) is 0 Å². The van der Waals surface area contributed by atoms with E-state index in [2.05, 4.69) is 0 Å². The van der Waals surface area contributed by atoms with E-state index in [0.717, 1.165) is 0 Å². The van der Waals surface area contributed by atoms with Crippen molar-refractivity contribution in [3.8, 4) is 0 Å². The summed E-state index contributed by atoms with van der Waals surface area (Å²) >= 11 is 1.55. The second-order valence-electron chi connectivity index (χ2n) is 3.75. The van der Waals surface area contributed by atoms with E-state index in [0.29, 0.717) is 0 Å². The van der Waals surface area contributed by atoms with Crippen LogP contribution in [0.25, 0.3) is 0 Å². The molecule has 20 heavy (non-hydrogen) atoms. The summed E-state index contributed by atoms with van der Waals surface area (Å²) in [6.07, 6.45) is -4.96. The molecule has 1 aromatic rings. The maximum absolute atomic E-state index is 12.9. The van der Waals surface area contributed by atoms with Gasteiger partial charge >= 0.3 is 11.9 Å². The zero-order valence-electron chi connectivity index (χ0n) is 9.77. The Hall–Kier alpha value is -1.66. The zero-order valence-corrected chi connectivity index (χ0v) is 11.9. The Morgan fingerprint density at radius 2 is 1.80 bits per heavy atom. The van der Waals surface area contributed by atoms with E-state index in [1.165, 1.54) is 6.92 Å². The Kier molecular flexibility index (Phi) is 4.41. The molecule has 1 rings (SSSR count). The highest BCUT2D eigenvalue weighted by molar-refractivity contribution is 14.1. The molecule has 0 fully saturated rings. The molecule has 0 aliphatic heterocycles. The lowest BCUT2D eigenvalue weighted by molar-refractivity contribution is -0.393. The number of hydrogen-bond donors (Lipinski definition) is 1. The number of halogens is 4. The van der Waals surface area contributed by atoms with Crippen molar-refractivity contribution in [3.63, 3.8) is 0 Å². The predicted molar refractivity (Wildman–Crippen MR) is 71.6 cm³/mol. The van der Waals surface area contributed by atoms with Gasteiger partial charge in [-0.05, 0) is 6.92 Å². The van der Waals surface area contributed by atoms with Gasteiger partial charge in [-0.3, -0.25) is 20.2 Å². The standard InChI is InChI=1S/C9H7F3IN3O4/c1-3(13)6-4(9(10,11)12)2-5(15(17)18)7(14)8(6)16(19)20/h2-3H,14H2,1H3. The van der Waals surface area contributed by atoms with Crippen LogP contribution in [0.1, 0.15) is 22.0 Å². The molecule has 0 spiro atoms. The van der Waals surface area contributed by atoms with Crippen molar-refractivity contribution in [1.82, 2.24) is 0 Å². The minimum atomic E-state index is -4.96. The monoisotopic (exact) mass is 405 g/mol. The number of nitrogens with zero attached hydrogens (tertiary/aromatic N) is 2. The lowest BCUT2D eigenvalue weighted by Gasteiger charge is -2.15. The first-order chi connectivity index (χ1) is 8.98. The van der Waals surface area contributed by atoms with Crippen LogP contribution in [-0.2, 0) is 6.18 Å². The normalized spacial score (nSPS) is 13.1. The van der Waals surface area contributed by atoms with E-state index < -0.39 is 48.1 Å². The van der Waals surface area contributed by atoms with E-state index in [4.69, 9.17) is 5.73 Å². The van der Waals surface area contributed by atoms with Crippen molar-refractivity contribution in [2.75, 3.05) is 5.73 Å². The zero-order chi connectivity index (χ0) is 15.8. The van der Waals surface area contributed by atoms with Crippen LogP contribution in [0.3, 0.4) is 0 Å². The van der Waals surface area contributed by atoms with Gasteiger partial charge in [0.2, 0.25) is 0 Å². The maximum Gasteiger partial charge on any atom is 0.417 e. The highest BCUT2D eigenvalue weighted by Gasteiger charge is 2.42. The maximum atomic E-state index is 12.9. The number of hydrogen-bond acceptors (Lipinski definition) is 5. The Bertz CT molecular complexity index is 589. The molecule has 110 valence electrons. The van der Waals surface area contributed by atoms with E-state index in [1.54, 1.807) is 22.6 Å². The van der Waals surface area contributed by atoms with Crippen molar-refractivity contribution in [1.29, 1.82) is 0 Å². The van der Waals surface area contributed by atoms with Gasteiger partial charge in [0, 0.05) is 9.99 Å². The summed E-state index contributed by atoms with van der Waals surface area (Å²) in [7, 11) is 0. The summed E-state index contributed by atoms with van der Waals surface area (Å²) in [4.78, 5) is 19.3. The number of nitro benzene ring substituents is 2. The molecule has 0 aliphatic carbocycles. The summed E-state index contributed by atoms with van der Waals surface area (Å²) in [5.74, 6) is 0. The average Bonchev–Trinajstić information content (AvgIpc) is 2.25. The third-order valence-corrected chi connectivity index (χ3v) is 3.06. The van der Waals surface area contributed by atoms with Crippen LogP contribution in [0.5, 0.6) is 0 Å². The second-order valence-corrected chi connectivity index (χ2v) is 5.62. The minimum Gasteiger partial charge on any atom is -0.387 e. The van der Waals surface area contributed by atoms with Gasteiger partial charge in [0.15, 0.2) is 5.69 Å². The van der Waals surface area contributed by atoms with Crippen molar-refractivity contribution >= 4 is 39.7 Å². The third-order valence-electron chi connectivity index (χ3n) is 2.44. The van der Waals surface area contributed by atoms with Gasteiger partial charge < -0.3 is 5.73 Å². The molecule has 1 atom stereocenters. The minimum absolute atomic E-state index is 0.229. The molecule has 11 heteroatoms. The molecule has 0 amide bonds. The topological polar surface area (TPSA) is 112 Å². The van der Waals surface area contributed by atoms with Gasteiger partial charge in [0.25, 0.3) is 5.69 Å². The van der Waals surface area contributed by atoms with Crippen LogP contribution in [0.15, 0.2) is 6.07 Å². The molecule has 0 radical (unpaired) electrons. The number of alkyl halides is 4. The molecular formula is C9H7F3IN3O4. The van der Waals surface area contributed by atoms with E-state index in [1.807, 2.05) is 0 Å². The molecule has 0 saturated carbocycles. The van der Waals surface area contributed by atoms with Gasteiger partial charge in [-0.1, -0.05) is 22.6 Å². The van der Waals surface area contributed by atoms with Gasteiger partial charge in [0.1, 0.15) is 0 Å². The summed E-state index contributed by atoms with van der Waals surface area (Å²) in [5, 5.41) is 21.6. The summed E-state index contributed by atoms with van der Waals surface area (Å²) in [5.41, 5.74) is 0.0903. The molecule has 0 heterocycles. The smallest absolute Gasteiger partial charge is 0.387 e. The predicted octanol–water partition coefficient (Wildman–Crippen LogP) is 3.60. The highest BCUT2D eigenvalue weighted by Crippen LogP contribution is 2.47. The molecule has 0 saturated heterocycles. The molecule has 7 nitrogen and oxygen atoms in total. The average molecular weight is 405 g/mol. The van der Waals surface area contributed by atoms with Crippen molar-refractivity contribution in [2.45, 2.75) is 17.0 Å². The number of nitrogens with two attached hydrogens (primary N) is 1. The summed E-state index contributed by atoms with van der Waals surface area (Å²) in [6.45, 7) is 1.30.